The molecule has 1 N–H and O–H groups in total. The third-order valence-electron chi connectivity index (χ3n) is 4.80. The van der Waals surface area contributed by atoms with E-state index in [1.54, 1.807) is 30.6 Å². The highest BCUT2D eigenvalue weighted by molar-refractivity contribution is 6.04. The molecule has 0 unspecified atom stereocenters. The molecule has 0 aliphatic carbocycles. The van der Waals surface area contributed by atoms with Crippen LogP contribution in [0.15, 0.2) is 30.6 Å². The Morgan fingerprint density at radius 3 is 2.48 bits per heavy atom. The number of rotatable bonds is 4. The quantitative estimate of drug-likeness (QED) is 0.878. The Hall–Kier alpha value is -2.87. The first-order chi connectivity index (χ1) is 13.2. The van der Waals surface area contributed by atoms with E-state index in [9.17, 15) is 4.79 Å². The van der Waals surface area contributed by atoms with Crippen LogP contribution in [0.25, 0.3) is 0 Å². The lowest BCUT2D eigenvalue weighted by Gasteiger charge is -2.33. The van der Waals surface area contributed by atoms with E-state index in [0.717, 1.165) is 32.7 Å². The average molecular weight is 369 g/mol. The SMILES string of the molecule is CCN1CCN(c2ncc(C(=O)Nc3ccc4c(c3)OCCO4)cn2)CC1. The number of nitrogens with one attached hydrogen (secondary N) is 1. The van der Waals surface area contributed by atoms with Crippen molar-refractivity contribution in [1.82, 2.24) is 14.9 Å². The predicted molar refractivity (Wildman–Crippen MR) is 102 cm³/mol. The first kappa shape index (κ1) is 17.5. The molecule has 8 heteroatoms. The highest BCUT2D eigenvalue weighted by Gasteiger charge is 2.18. The summed E-state index contributed by atoms with van der Waals surface area (Å²) in [6.07, 6.45) is 3.14. The van der Waals surface area contributed by atoms with Crippen LogP contribution < -0.4 is 19.7 Å². The van der Waals surface area contributed by atoms with Crippen LogP contribution in [-0.4, -0.2) is 66.7 Å². The van der Waals surface area contributed by atoms with Crippen LogP contribution in [0.4, 0.5) is 11.6 Å². The normalized spacial score (nSPS) is 16.9. The molecule has 0 radical (unpaired) electrons. The Kier molecular flexibility index (Phi) is 5.06. The summed E-state index contributed by atoms with van der Waals surface area (Å²) in [5, 5.41) is 2.85. The number of ether oxygens (including phenoxy) is 2. The van der Waals surface area contributed by atoms with Crippen molar-refractivity contribution in [1.29, 1.82) is 0 Å². The molecule has 8 nitrogen and oxygen atoms in total. The third kappa shape index (κ3) is 3.95. The van der Waals surface area contributed by atoms with Gasteiger partial charge in [-0.25, -0.2) is 9.97 Å². The molecular weight excluding hydrogens is 346 g/mol. The molecule has 1 fully saturated rings. The zero-order valence-electron chi connectivity index (χ0n) is 15.4. The Bertz CT molecular complexity index is 803. The third-order valence-corrected chi connectivity index (χ3v) is 4.80. The minimum Gasteiger partial charge on any atom is -0.486 e. The zero-order valence-corrected chi connectivity index (χ0v) is 15.4. The molecule has 0 bridgehead atoms. The van der Waals surface area contributed by atoms with E-state index in [1.165, 1.54) is 0 Å². The zero-order chi connectivity index (χ0) is 18.6. The van der Waals surface area contributed by atoms with Gasteiger partial charge in [-0.05, 0) is 18.7 Å². The second kappa shape index (κ2) is 7.79. The topological polar surface area (TPSA) is 79.8 Å². The summed E-state index contributed by atoms with van der Waals surface area (Å²) < 4.78 is 11.0. The van der Waals surface area contributed by atoms with Crippen LogP contribution in [0.3, 0.4) is 0 Å². The van der Waals surface area contributed by atoms with E-state index in [2.05, 4.69) is 32.0 Å². The number of anilines is 2. The van der Waals surface area contributed by atoms with Crippen molar-refractivity contribution in [3.8, 4) is 11.5 Å². The van der Waals surface area contributed by atoms with Gasteiger partial charge in [0.25, 0.3) is 5.91 Å². The summed E-state index contributed by atoms with van der Waals surface area (Å²) in [7, 11) is 0. The Balaban J connectivity index is 1.39. The molecule has 2 aliphatic rings. The maximum atomic E-state index is 12.5. The van der Waals surface area contributed by atoms with Crippen molar-refractivity contribution in [3.63, 3.8) is 0 Å². The molecule has 1 aromatic heterocycles. The summed E-state index contributed by atoms with van der Waals surface area (Å²) >= 11 is 0. The second-order valence-corrected chi connectivity index (χ2v) is 6.51. The number of hydrogen-bond acceptors (Lipinski definition) is 7. The number of likely N-dealkylation sites (N-methyl/N-ethyl adjacent to an activating group) is 1. The van der Waals surface area contributed by atoms with Gasteiger partial charge in [-0.1, -0.05) is 6.92 Å². The highest BCUT2D eigenvalue weighted by Crippen LogP contribution is 2.32. The monoisotopic (exact) mass is 369 g/mol. The van der Waals surface area contributed by atoms with Crippen LogP contribution in [0.1, 0.15) is 17.3 Å². The van der Waals surface area contributed by atoms with Crippen LogP contribution in [0, 0.1) is 0 Å². The number of piperazine rings is 1. The van der Waals surface area contributed by atoms with Gasteiger partial charge >= 0.3 is 0 Å². The van der Waals surface area contributed by atoms with Crippen LogP contribution >= 0.6 is 0 Å². The van der Waals surface area contributed by atoms with Crippen molar-refractivity contribution >= 4 is 17.5 Å². The van der Waals surface area contributed by atoms with Gasteiger partial charge < -0.3 is 24.6 Å². The fourth-order valence-electron chi connectivity index (χ4n) is 3.19. The largest absolute Gasteiger partial charge is 0.486 e. The highest BCUT2D eigenvalue weighted by atomic mass is 16.6. The number of amides is 1. The van der Waals surface area contributed by atoms with Gasteiger partial charge in [-0.2, -0.15) is 0 Å². The maximum Gasteiger partial charge on any atom is 0.258 e. The van der Waals surface area contributed by atoms with E-state index >= 15 is 0 Å². The standard InChI is InChI=1S/C19H23N5O3/c1-2-23-5-7-24(8-6-23)19-20-12-14(13-21-19)18(25)22-15-3-4-16-17(11-15)27-10-9-26-16/h3-4,11-13H,2,5-10H2,1H3,(H,22,25). The maximum absolute atomic E-state index is 12.5. The Morgan fingerprint density at radius 1 is 1.07 bits per heavy atom. The average Bonchev–Trinajstić information content (AvgIpc) is 2.74. The second-order valence-electron chi connectivity index (χ2n) is 6.51. The van der Waals surface area contributed by atoms with Crippen molar-refractivity contribution in [2.75, 3.05) is 56.2 Å². The number of carbonyl (C=O) groups excluding carboxylic acids is 1. The number of fused-ring (bicyclic) bond motifs is 1. The van der Waals surface area contributed by atoms with Gasteiger partial charge in [-0.15, -0.1) is 0 Å². The Labute approximate surface area is 158 Å². The number of hydrogen-bond donors (Lipinski definition) is 1. The molecule has 2 aromatic rings. The van der Waals surface area contributed by atoms with Gasteiger partial charge in [0.1, 0.15) is 13.2 Å². The minimum atomic E-state index is -0.256. The van der Waals surface area contributed by atoms with Gasteiger partial charge in [0.15, 0.2) is 11.5 Å². The van der Waals surface area contributed by atoms with Crippen molar-refractivity contribution in [2.24, 2.45) is 0 Å². The van der Waals surface area contributed by atoms with Crippen molar-refractivity contribution < 1.29 is 14.3 Å². The van der Waals surface area contributed by atoms with Gasteiger partial charge in [0, 0.05) is 50.3 Å². The summed E-state index contributed by atoms with van der Waals surface area (Å²) in [4.78, 5) is 25.8. The molecule has 2 aliphatic heterocycles. The van der Waals surface area contributed by atoms with Crippen molar-refractivity contribution in [2.45, 2.75) is 6.92 Å². The van der Waals surface area contributed by atoms with E-state index in [4.69, 9.17) is 9.47 Å². The number of carbonyl (C=O) groups is 1. The molecule has 27 heavy (non-hydrogen) atoms. The van der Waals surface area contributed by atoms with E-state index in [-0.39, 0.29) is 5.91 Å². The number of benzene rings is 1. The molecule has 142 valence electrons. The summed E-state index contributed by atoms with van der Waals surface area (Å²) in [6.45, 7) is 8.09. The van der Waals surface area contributed by atoms with Crippen LogP contribution in [0.5, 0.6) is 11.5 Å². The van der Waals surface area contributed by atoms with E-state index in [0.29, 0.717) is 41.9 Å². The Morgan fingerprint density at radius 2 is 1.78 bits per heavy atom. The lowest BCUT2D eigenvalue weighted by Crippen LogP contribution is -2.46. The van der Waals surface area contributed by atoms with Crippen LogP contribution in [-0.2, 0) is 0 Å². The summed E-state index contributed by atoms with van der Waals surface area (Å²) in [5.41, 5.74) is 1.06. The summed E-state index contributed by atoms with van der Waals surface area (Å²) in [6, 6.07) is 5.34. The number of nitrogens with zero attached hydrogens (tertiary/aromatic N) is 4. The smallest absolute Gasteiger partial charge is 0.258 e. The summed E-state index contributed by atoms with van der Waals surface area (Å²) in [5.74, 6) is 1.74. The molecule has 4 rings (SSSR count). The minimum absolute atomic E-state index is 0.256. The van der Waals surface area contributed by atoms with Crippen molar-refractivity contribution in [3.05, 3.63) is 36.2 Å². The fraction of sp³-hybridized carbons (Fsp3) is 0.421. The molecular formula is C19H23N5O3. The predicted octanol–water partition coefficient (Wildman–Crippen LogP) is 1.64. The molecule has 1 saturated heterocycles. The van der Waals surface area contributed by atoms with Gasteiger partial charge in [0.05, 0.1) is 5.56 Å². The van der Waals surface area contributed by atoms with E-state index < -0.39 is 0 Å². The van der Waals surface area contributed by atoms with E-state index in [1.807, 2.05) is 0 Å². The molecule has 0 saturated carbocycles. The lowest BCUT2D eigenvalue weighted by molar-refractivity contribution is 0.102. The first-order valence-electron chi connectivity index (χ1n) is 9.23. The fourth-order valence-corrected chi connectivity index (χ4v) is 3.19. The van der Waals surface area contributed by atoms with Gasteiger partial charge in [-0.3, -0.25) is 4.79 Å². The number of aromatic nitrogens is 2. The van der Waals surface area contributed by atoms with Gasteiger partial charge in [0.2, 0.25) is 5.95 Å². The molecule has 3 heterocycles. The molecule has 0 atom stereocenters. The molecule has 1 aromatic carbocycles. The first-order valence-corrected chi connectivity index (χ1v) is 9.23. The lowest BCUT2D eigenvalue weighted by atomic mass is 10.2. The molecule has 0 spiro atoms. The van der Waals surface area contributed by atoms with Crippen LogP contribution in [0.2, 0.25) is 0 Å². The molecule has 1 amide bonds.